The van der Waals surface area contributed by atoms with Crippen LogP contribution in [0.2, 0.25) is 0 Å². The zero-order valence-corrected chi connectivity index (χ0v) is 19.7. The topological polar surface area (TPSA) is 121 Å². The first-order valence-corrected chi connectivity index (χ1v) is 12.2. The minimum atomic E-state index is -4.03. The zero-order valence-electron chi connectivity index (χ0n) is 18.8. The molecule has 3 aromatic rings. The van der Waals surface area contributed by atoms with Gasteiger partial charge in [0.25, 0.3) is 10.0 Å². The molecule has 0 spiro atoms. The molecule has 0 aliphatic heterocycles. The molecule has 180 valence electrons. The molecule has 0 saturated carbocycles. The molecule has 1 amide bonds. The number of ether oxygens (including phenoxy) is 1. The molecule has 1 heterocycles. The van der Waals surface area contributed by atoms with Crippen molar-refractivity contribution >= 4 is 27.3 Å². The third-order valence-corrected chi connectivity index (χ3v) is 6.54. The smallest absolute Gasteiger partial charge is 0.264 e. The van der Waals surface area contributed by atoms with Gasteiger partial charge in [-0.05, 0) is 48.9 Å². The number of hydrogen-bond acceptors (Lipinski definition) is 7. The lowest BCUT2D eigenvalue weighted by atomic mass is 10.2. The van der Waals surface area contributed by atoms with E-state index in [4.69, 9.17) is 9.84 Å². The Kier molecular flexibility index (Phi) is 8.83. The maximum atomic E-state index is 13.4. The quantitative estimate of drug-likeness (QED) is 0.337. The zero-order chi connectivity index (χ0) is 24.4. The van der Waals surface area contributed by atoms with Crippen molar-refractivity contribution in [2.24, 2.45) is 0 Å². The van der Waals surface area contributed by atoms with Crippen LogP contribution in [0, 0.1) is 6.92 Å². The maximum absolute atomic E-state index is 13.4. The highest BCUT2D eigenvalue weighted by molar-refractivity contribution is 7.92. The van der Waals surface area contributed by atoms with Crippen molar-refractivity contribution in [2.45, 2.75) is 11.8 Å². The lowest BCUT2D eigenvalue weighted by molar-refractivity contribution is -0.119. The van der Waals surface area contributed by atoms with Crippen LogP contribution < -0.4 is 19.7 Å². The molecule has 9 nitrogen and oxygen atoms in total. The number of aromatic nitrogens is 1. The van der Waals surface area contributed by atoms with Crippen molar-refractivity contribution in [1.82, 2.24) is 10.3 Å². The summed E-state index contributed by atoms with van der Waals surface area (Å²) in [6.45, 7) is 2.04. The standard InChI is InChI=1S/C24H28N4O5S/c1-19-15-21(17-22(16-19)33-14-12-26-20-7-9-25-10-8-20)28(18-24(30)27-11-13-29)34(31,32)23-5-3-2-4-6-23/h2-10,15-17,29H,11-14,18H2,1H3,(H,25,26)(H,27,30). The van der Waals surface area contributed by atoms with Gasteiger partial charge in [-0.1, -0.05) is 18.2 Å². The van der Waals surface area contributed by atoms with Crippen molar-refractivity contribution in [1.29, 1.82) is 0 Å². The number of amides is 1. The van der Waals surface area contributed by atoms with E-state index in [1.165, 1.54) is 12.1 Å². The summed E-state index contributed by atoms with van der Waals surface area (Å²) in [7, 11) is -4.03. The molecule has 2 aromatic carbocycles. The Bertz CT molecular complexity index is 1170. The number of carbonyl (C=O) groups excluding carboxylic acids is 1. The molecular weight excluding hydrogens is 456 g/mol. The van der Waals surface area contributed by atoms with Crippen LogP contribution >= 0.6 is 0 Å². The molecule has 0 radical (unpaired) electrons. The number of aliphatic hydroxyl groups excluding tert-OH is 1. The number of aliphatic hydroxyl groups is 1. The Morgan fingerprint density at radius 1 is 1.06 bits per heavy atom. The molecule has 34 heavy (non-hydrogen) atoms. The van der Waals surface area contributed by atoms with E-state index in [0.717, 1.165) is 15.6 Å². The number of rotatable bonds is 12. The molecule has 1 aromatic heterocycles. The average Bonchev–Trinajstić information content (AvgIpc) is 2.84. The van der Waals surface area contributed by atoms with Crippen LogP contribution in [0.4, 0.5) is 11.4 Å². The first-order valence-electron chi connectivity index (χ1n) is 10.7. The van der Waals surface area contributed by atoms with Crippen LogP contribution in [0.3, 0.4) is 0 Å². The molecule has 0 unspecified atom stereocenters. The van der Waals surface area contributed by atoms with Crippen LogP contribution in [0.5, 0.6) is 5.75 Å². The summed E-state index contributed by atoms with van der Waals surface area (Å²) in [6, 6.07) is 16.7. The fourth-order valence-electron chi connectivity index (χ4n) is 3.21. The van der Waals surface area contributed by atoms with Crippen LogP contribution in [-0.2, 0) is 14.8 Å². The van der Waals surface area contributed by atoms with E-state index < -0.39 is 22.5 Å². The number of sulfonamides is 1. The molecule has 10 heteroatoms. The number of carbonyl (C=O) groups is 1. The minimum absolute atomic E-state index is 0.0325. The summed E-state index contributed by atoms with van der Waals surface area (Å²) in [6.07, 6.45) is 3.38. The van der Waals surface area contributed by atoms with Gasteiger partial charge >= 0.3 is 0 Å². The molecule has 0 aliphatic carbocycles. The van der Waals surface area contributed by atoms with E-state index in [1.807, 2.05) is 19.1 Å². The maximum Gasteiger partial charge on any atom is 0.264 e. The number of pyridine rings is 1. The molecule has 0 aliphatic rings. The number of anilines is 2. The van der Waals surface area contributed by atoms with Gasteiger partial charge in [0.1, 0.15) is 18.9 Å². The summed E-state index contributed by atoms with van der Waals surface area (Å²) >= 11 is 0. The van der Waals surface area contributed by atoms with E-state index in [-0.39, 0.29) is 18.0 Å². The molecule has 0 fully saturated rings. The average molecular weight is 485 g/mol. The van der Waals surface area contributed by atoms with Crippen LogP contribution in [0.15, 0.2) is 78.0 Å². The second-order valence-electron chi connectivity index (χ2n) is 7.41. The predicted octanol–water partition coefficient (Wildman–Crippen LogP) is 2.18. The summed E-state index contributed by atoms with van der Waals surface area (Å²) in [5.74, 6) is -0.0466. The van der Waals surface area contributed by atoms with Gasteiger partial charge < -0.3 is 20.5 Å². The normalized spacial score (nSPS) is 11.0. The van der Waals surface area contributed by atoms with Crippen molar-refractivity contribution in [2.75, 3.05) is 42.5 Å². The van der Waals surface area contributed by atoms with E-state index in [9.17, 15) is 13.2 Å². The van der Waals surface area contributed by atoms with E-state index in [1.54, 1.807) is 48.8 Å². The summed E-state index contributed by atoms with van der Waals surface area (Å²) in [5, 5.41) is 14.7. The number of nitrogens with zero attached hydrogens (tertiary/aromatic N) is 2. The van der Waals surface area contributed by atoms with Gasteiger partial charge in [-0.3, -0.25) is 14.1 Å². The van der Waals surface area contributed by atoms with Crippen LogP contribution in [0.1, 0.15) is 5.56 Å². The third-order valence-electron chi connectivity index (χ3n) is 4.76. The molecule has 0 atom stereocenters. The number of benzene rings is 2. The van der Waals surface area contributed by atoms with Crippen molar-refractivity contribution in [3.05, 3.63) is 78.6 Å². The van der Waals surface area contributed by atoms with Gasteiger partial charge in [-0.2, -0.15) is 0 Å². The van der Waals surface area contributed by atoms with E-state index in [2.05, 4.69) is 15.6 Å². The Labute approximate surface area is 199 Å². The largest absolute Gasteiger partial charge is 0.492 e. The van der Waals surface area contributed by atoms with Gasteiger partial charge in [0.2, 0.25) is 5.91 Å². The Morgan fingerprint density at radius 2 is 1.79 bits per heavy atom. The van der Waals surface area contributed by atoms with Crippen molar-refractivity contribution in [3.63, 3.8) is 0 Å². The second kappa shape index (κ2) is 12.0. The third kappa shape index (κ3) is 6.93. The van der Waals surface area contributed by atoms with Crippen LogP contribution in [-0.4, -0.2) is 57.3 Å². The minimum Gasteiger partial charge on any atom is -0.492 e. The summed E-state index contributed by atoms with van der Waals surface area (Å²) < 4.78 is 33.7. The Balaban J connectivity index is 1.81. The van der Waals surface area contributed by atoms with E-state index >= 15 is 0 Å². The number of nitrogens with one attached hydrogen (secondary N) is 2. The van der Waals surface area contributed by atoms with Crippen molar-refractivity contribution in [3.8, 4) is 5.75 Å². The highest BCUT2D eigenvalue weighted by Crippen LogP contribution is 2.28. The highest BCUT2D eigenvalue weighted by Gasteiger charge is 2.27. The van der Waals surface area contributed by atoms with E-state index in [0.29, 0.717) is 24.6 Å². The fourth-order valence-corrected chi connectivity index (χ4v) is 4.63. The number of aryl methyl sites for hydroxylation is 1. The monoisotopic (exact) mass is 484 g/mol. The molecular formula is C24H28N4O5S. The van der Waals surface area contributed by atoms with Gasteiger partial charge in [0.15, 0.2) is 0 Å². The SMILES string of the molecule is Cc1cc(OCCNc2ccncc2)cc(N(CC(=O)NCCO)S(=O)(=O)c2ccccc2)c1. The summed E-state index contributed by atoms with van der Waals surface area (Å²) in [4.78, 5) is 16.4. The molecule has 3 N–H and O–H groups in total. The molecule has 0 saturated heterocycles. The van der Waals surface area contributed by atoms with Gasteiger partial charge in [0.05, 0.1) is 17.2 Å². The second-order valence-corrected chi connectivity index (χ2v) is 9.28. The Hall–Kier alpha value is -3.63. The van der Waals surface area contributed by atoms with Crippen LogP contribution in [0.25, 0.3) is 0 Å². The lowest BCUT2D eigenvalue weighted by Crippen LogP contribution is -2.41. The van der Waals surface area contributed by atoms with Gasteiger partial charge in [-0.25, -0.2) is 8.42 Å². The van der Waals surface area contributed by atoms with Gasteiger partial charge in [0, 0.05) is 37.2 Å². The fraction of sp³-hybridized carbons (Fsp3) is 0.250. The number of hydrogen-bond donors (Lipinski definition) is 3. The first kappa shape index (κ1) is 25.0. The summed E-state index contributed by atoms with van der Waals surface area (Å²) in [5.41, 5.74) is 2.00. The van der Waals surface area contributed by atoms with Gasteiger partial charge in [-0.15, -0.1) is 0 Å². The predicted molar refractivity (Wildman–Crippen MR) is 130 cm³/mol. The molecule has 3 rings (SSSR count). The Morgan fingerprint density at radius 3 is 2.50 bits per heavy atom. The molecule has 0 bridgehead atoms. The van der Waals surface area contributed by atoms with Crippen molar-refractivity contribution < 1.29 is 23.1 Å². The lowest BCUT2D eigenvalue weighted by Gasteiger charge is -2.25. The highest BCUT2D eigenvalue weighted by atomic mass is 32.2. The first-order chi connectivity index (χ1) is 16.4.